The van der Waals surface area contributed by atoms with Crippen molar-refractivity contribution in [3.8, 4) is 11.3 Å². The normalized spacial score (nSPS) is 10.9. The van der Waals surface area contributed by atoms with E-state index in [1.54, 1.807) is 0 Å². The Labute approximate surface area is 128 Å². The summed E-state index contributed by atoms with van der Waals surface area (Å²) in [6.45, 7) is 0.772. The van der Waals surface area contributed by atoms with Gasteiger partial charge in [0.2, 0.25) is 0 Å². The second-order valence-electron chi connectivity index (χ2n) is 5.30. The highest BCUT2D eigenvalue weighted by molar-refractivity contribution is 5.81. The topological polar surface area (TPSA) is 30.7 Å². The average molecular weight is 285 g/mol. The fourth-order valence-electron chi connectivity index (χ4n) is 2.58. The molecular formula is C19H15N3. The smallest absolute Gasteiger partial charge is 0.0741 e. The van der Waals surface area contributed by atoms with Gasteiger partial charge in [-0.1, -0.05) is 54.6 Å². The first-order valence-corrected chi connectivity index (χ1v) is 7.31. The van der Waals surface area contributed by atoms with Crippen LogP contribution in [0.15, 0.2) is 79.1 Å². The molecule has 4 rings (SSSR count). The standard InChI is InChI=1S/C19H15N3/c1-2-6-15(7-3-1)13-22-14-17(12-20-22)19-11-10-16-8-4-5-9-18(16)21-19/h1-12,14H,13H2. The highest BCUT2D eigenvalue weighted by Gasteiger charge is 2.05. The van der Waals surface area contributed by atoms with E-state index in [4.69, 9.17) is 4.98 Å². The monoisotopic (exact) mass is 285 g/mol. The Morgan fingerprint density at radius 1 is 0.818 bits per heavy atom. The lowest BCUT2D eigenvalue weighted by atomic mass is 10.1. The number of pyridine rings is 1. The predicted octanol–water partition coefficient (Wildman–Crippen LogP) is 4.15. The molecule has 0 aliphatic rings. The first-order valence-electron chi connectivity index (χ1n) is 7.31. The maximum Gasteiger partial charge on any atom is 0.0741 e. The number of hydrogen-bond donors (Lipinski definition) is 0. The minimum absolute atomic E-state index is 0.772. The number of aromatic nitrogens is 3. The highest BCUT2D eigenvalue weighted by atomic mass is 15.3. The molecule has 2 heterocycles. The van der Waals surface area contributed by atoms with Gasteiger partial charge in [0.15, 0.2) is 0 Å². The first kappa shape index (κ1) is 12.8. The van der Waals surface area contributed by atoms with E-state index in [2.05, 4.69) is 29.4 Å². The van der Waals surface area contributed by atoms with Crippen molar-refractivity contribution in [3.05, 3.63) is 84.7 Å². The van der Waals surface area contributed by atoms with Gasteiger partial charge in [0, 0.05) is 17.1 Å². The minimum Gasteiger partial charge on any atom is -0.268 e. The molecule has 2 aromatic heterocycles. The summed E-state index contributed by atoms with van der Waals surface area (Å²) in [6, 6.07) is 22.6. The van der Waals surface area contributed by atoms with Gasteiger partial charge in [-0.15, -0.1) is 0 Å². The molecule has 2 aromatic carbocycles. The summed E-state index contributed by atoms with van der Waals surface area (Å²) in [4.78, 5) is 4.71. The molecule has 22 heavy (non-hydrogen) atoms. The molecule has 4 aromatic rings. The summed E-state index contributed by atoms with van der Waals surface area (Å²) < 4.78 is 1.95. The van der Waals surface area contributed by atoms with Gasteiger partial charge in [0.25, 0.3) is 0 Å². The van der Waals surface area contributed by atoms with E-state index in [1.165, 1.54) is 5.56 Å². The zero-order chi connectivity index (χ0) is 14.8. The largest absolute Gasteiger partial charge is 0.268 e. The van der Waals surface area contributed by atoms with E-state index in [0.29, 0.717) is 0 Å². The van der Waals surface area contributed by atoms with Crippen LogP contribution in [0.1, 0.15) is 5.56 Å². The third kappa shape index (κ3) is 2.49. The molecule has 0 bridgehead atoms. The van der Waals surface area contributed by atoms with E-state index < -0.39 is 0 Å². The fraction of sp³-hybridized carbons (Fsp3) is 0.0526. The number of nitrogens with zero attached hydrogens (tertiary/aromatic N) is 3. The SMILES string of the molecule is c1ccc(Cn2cc(-c3ccc4ccccc4n3)cn2)cc1. The molecule has 106 valence electrons. The van der Waals surface area contributed by atoms with Crippen molar-refractivity contribution in [1.82, 2.24) is 14.8 Å². The molecule has 0 fully saturated rings. The fourth-order valence-corrected chi connectivity index (χ4v) is 2.58. The Bertz CT molecular complexity index is 910. The number of hydrogen-bond acceptors (Lipinski definition) is 2. The third-order valence-corrected chi connectivity index (χ3v) is 3.71. The summed E-state index contributed by atoms with van der Waals surface area (Å²) >= 11 is 0. The second-order valence-corrected chi connectivity index (χ2v) is 5.30. The Hall–Kier alpha value is -2.94. The van der Waals surface area contributed by atoms with E-state index in [9.17, 15) is 0 Å². The van der Waals surface area contributed by atoms with Crippen LogP contribution >= 0.6 is 0 Å². The lowest BCUT2D eigenvalue weighted by Crippen LogP contribution is -1.99. The van der Waals surface area contributed by atoms with Gasteiger partial charge in [0.1, 0.15) is 0 Å². The number of rotatable bonds is 3. The maximum atomic E-state index is 4.71. The Balaban J connectivity index is 1.65. The number of benzene rings is 2. The lowest BCUT2D eigenvalue weighted by molar-refractivity contribution is 0.687. The van der Waals surface area contributed by atoms with Crippen molar-refractivity contribution in [2.45, 2.75) is 6.54 Å². The molecule has 0 spiro atoms. The maximum absolute atomic E-state index is 4.71. The Morgan fingerprint density at radius 3 is 2.55 bits per heavy atom. The number of fused-ring (bicyclic) bond motifs is 1. The molecule has 0 saturated carbocycles. The van der Waals surface area contributed by atoms with Crippen molar-refractivity contribution in [2.75, 3.05) is 0 Å². The average Bonchev–Trinajstić information content (AvgIpc) is 3.04. The summed E-state index contributed by atoms with van der Waals surface area (Å²) in [5.74, 6) is 0. The molecule has 0 aliphatic heterocycles. The molecule has 0 amide bonds. The summed E-state index contributed by atoms with van der Waals surface area (Å²) in [5, 5.41) is 5.60. The summed E-state index contributed by atoms with van der Waals surface area (Å²) in [7, 11) is 0. The molecule has 0 N–H and O–H groups in total. The predicted molar refractivity (Wildman–Crippen MR) is 88.5 cm³/mol. The van der Waals surface area contributed by atoms with E-state index >= 15 is 0 Å². The molecular weight excluding hydrogens is 270 g/mol. The summed E-state index contributed by atoms with van der Waals surface area (Å²) in [6.07, 6.45) is 3.92. The van der Waals surface area contributed by atoms with Crippen molar-refractivity contribution in [1.29, 1.82) is 0 Å². The van der Waals surface area contributed by atoms with Crippen LogP contribution in [-0.2, 0) is 6.54 Å². The van der Waals surface area contributed by atoms with E-state index in [-0.39, 0.29) is 0 Å². The van der Waals surface area contributed by atoms with Crippen LogP contribution in [-0.4, -0.2) is 14.8 Å². The molecule has 0 unspecified atom stereocenters. The van der Waals surface area contributed by atoms with Crippen LogP contribution < -0.4 is 0 Å². The second kappa shape index (κ2) is 5.45. The van der Waals surface area contributed by atoms with Crippen LogP contribution in [0.2, 0.25) is 0 Å². The van der Waals surface area contributed by atoms with Crippen molar-refractivity contribution in [2.24, 2.45) is 0 Å². The van der Waals surface area contributed by atoms with Crippen molar-refractivity contribution >= 4 is 10.9 Å². The Morgan fingerprint density at radius 2 is 1.64 bits per heavy atom. The molecule has 0 radical (unpaired) electrons. The van der Waals surface area contributed by atoms with Crippen LogP contribution in [0.3, 0.4) is 0 Å². The van der Waals surface area contributed by atoms with Crippen LogP contribution in [0.5, 0.6) is 0 Å². The van der Waals surface area contributed by atoms with Gasteiger partial charge >= 0.3 is 0 Å². The van der Waals surface area contributed by atoms with Gasteiger partial charge in [-0.25, -0.2) is 4.98 Å². The Kier molecular flexibility index (Phi) is 3.16. The van der Waals surface area contributed by atoms with Crippen LogP contribution in [0, 0.1) is 0 Å². The third-order valence-electron chi connectivity index (χ3n) is 3.71. The summed E-state index contributed by atoms with van der Waals surface area (Å²) in [5.41, 5.74) is 4.25. The van der Waals surface area contributed by atoms with Gasteiger partial charge in [-0.3, -0.25) is 4.68 Å². The lowest BCUT2D eigenvalue weighted by Gasteiger charge is -2.01. The quantitative estimate of drug-likeness (QED) is 0.566. The highest BCUT2D eigenvalue weighted by Crippen LogP contribution is 2.20. The van der Waals surface area contributed by atoms with Gasteiger partial charge < -0.3 is 0 Å². The minimum atomic E-state index is 0.772. The van der Waals surface area contributed by atoms with E-state index in [1.807, 2.05) is 59.5 Å². The van der Waals surface area contributed by atoms with Crippen molar-refractivity contribution in [3.63, 3.8) is 0 Å². The first-order chi connectivity index (χ1) is 10.9. The van der Waals surface area contributed by atoms with Crippen LogP contribution in [0.4, 0.5) is 0 Å². The van der Waals surface area contributed by atoms with Crippen molar-refractivity contribution < 1.29 is 0 Å². The molecule has 0 aliphatic carbocycles. The zero-order valence-electron chi connectivity index (χ0n) is 12.1. The van der Waals surface area contributed by atoms with E-state index in [0.717, 1.165) is 28.7 Å². The molecule has 0 saturated heterocycles. The molecule has 3 nitrogen and oxygen atoms in total. The van der Waals surface area contributed by atoms with Crippen LogP contribution in [0.25, 0.3) is 22.2 Å². The number of para-hydroxylation sites is 1. The van der Waals surface area contributed by atoms with Gasteiger partial charge in [0.05, 0.1) is 24.0 Å². The molecule has 3 heteroatoms. The van der Waals surface area contributed by atoms with Gasteiger partial charge in [-0.05, 0) is 17.7 Å². The molecule has 0 atom stereocenters. The zero-order valence-corrected chi connectivity index (χ0v) is 12.1. The van der Waals surface area contributed by atoms with Gasteiger partial charge in [-0.2, -0.15) is 5.10 Å².